The van der Waals surface area contributed by atoms with Crippen molar-refractivity contribution in [2.75, 3.05) is 16.3 Å². The van der Waals surface area contributed by atoms with Crippen molar-refractivity contribution >= 4 is 27.3 Å². The van der Waals surface area contributed by atoms with Gasteiger partial charge in [-0.2, -0.15) is 4.98 Å². The zero-order valence-electron chi connectivity index (χ0n) is 15.6. The van der Waals surface area contributed by atoms with Crippen LogP contribution in [0.2, 0.25) is 0 Å². The molecule has 1 aromatic heterocycles. The number of carbonyl (C=O) groups excluding carboxylic acids is 1. The molecule has 0 saturated heterocycles. The van der Waals surface area contributed by atoms with Gasteiger partial charge in [-0.15, -0.1) is 0 Å². The molecule has 8 nitrogen and oxygen atoms in total. The van der Waals surface area contributed by atoms with Gasteiger partial charge in [0.15, 0.2) is 0 Å². The molecule has 0 radical (unpaired) electrons. The monoisotopic (exact) mass is 418 g/mol. The molecule has 0 aliphatic carbocycles. The molecule has 0 aliphatic heterocycles. The molecule has 1 amide bonds. The van der Waals surface area contributed by atoms with Crippen molar-refractivity contribution in [1.29, 1.82) is 0 Å². The summed E-state index contributed by atoms with van der Waals surface area (Å²) in [4.78, 5) is 16.4. The summed E-state index contributed by atoms with van der Waals surface area (Å²) in [5.74, 6) is 0.101. The highest BCUT2D eigenvalue weighted by Gasteiger charge is 2.12. The third-order valence-electron chi connectivity index (χ3n) is 3.86. The lowest BCUT2D eigenvalue weighted by molar-refractivity contribution is -0.116. The fraction of sp³-hybridized carbons (Fsp3) is 0.211. The maximum absolute atomic E-state index is 13.0. The normalized spacial score (nSPS) is 11.2. The summed E-state index contributed by atoms with van der Waals surface area (Å²) in [6, 6.07) is 12.3. The molecule has 0 atom stereocenters. The Kier molecular flexibility index (Phi) is 6.23. The van der Waals surface area contributed by atoms with Crippen molar-refractivity contribution in [3.8, 4) is 11.4 Å². The van der Waals surface area contributed by atoms with Crippen molar-refractivity contribution < 1.29 is 22.1 Å². The molecule has 0 bridgehead atoms. The van der Waals surface area contributed by atoms with Crippen LogP contribution in [0.5, 0.6) is 0 Å². The van der Waals surface area contributed by atoms with Crippen LogP contribution in [0.3, 0.4) is 0 Å². The fourth-order valence-corrected chi connectivity index (χ4v) is 3.14. The second-order valence-corrected chi connectivity index (χ2v) is 8.09. The number of carbonyl (C=O) groups is 1. The molecule has 29 heavy (non-hydrogen) atoms. The third kappa shape index (κ3) is 6.11. The van der Waals surface area contributed by atoms with Crippen LogP contribution in [0.1, 0.15) is 18.7 Å². The van der Waals surface area contributed by atoms with Gasteiger partial charge in [0.05, 0.1) is 17.6 Å². The van der Waals surface area contributed by atoms with E-state index in [1.165, 1.54) is 12.1 Å². The maximum Gasteiger partial charge on any atom is 0.229 e. The number of nitrogens with one attached hydrogen (secondary N) is 2. The van der Waals surface area contributed by atoms with E-state index < -0.39 is 10.0 Å². The predicted molar refractivity (Wildman–Crippen MR) is 106 cm³/mol. The molecule has 0 spiro atoms. The molecule has 0 unspecified atom stereocenters. The topological polar surface area (TPSA) is 114 Å². The fourth-order valence-electron chi connectivity index (χ4n) is 2.57. The average molecular weight is 418 g/mol. The number of aromatic nitrogens is 2. The molecular weight excluding hydrogens is 399 g/mol. The molecular formula is C19H19FN4O4S. The Bertz CT molecular complexity index is 1100. The van der Waals surface area contributed by atoms with Gasteiger partial charge in [-0.25, -0.2) is 12.8 Å². The lowest BCUT2D eigenvalue weighted by Gasteiger charge is -2.11. The Labute approximate surface area is 167 Å². The molecule has 0 aliphatic rings. The standard InChI is InChI=1S/C19H19FN4O4S/c1-29(26,27)24-16-6-3-2-5-15(16)21-17(25)7-4-8-18-22-19(23-28-18)13-9-11-14(20)12-10-13/h2-3,5-6,9-12,24H,4,7-8H2,1H3,(H,21,25). The highest BCUT2D eigenvalue weighted by Crippen LogP contribution is 2.22. The lowest BCUT2D eigenvalue weighted by Crippen LogP contribution is -2.15. The molecule has 152 valence electrons. The Hall–Kier alpha value is -3.27. The van der Waals surface area contributed by atoms with Crippen LogP contribution in [-0.4, -0.2) is 30.7 Å². The highest BCUT2D eigenvalue weighted by molar-refractivity contribution is 7.92. The van der Waals surface area contributed by atoms with E-state index in [1.807, 2.05) is 0 Å². The minimum Gasteiger partial charge on any atom is -0.339 e. The Balaban J connectivity index is 1.53. The Morgan fingerprint density at radius 2 is 1.79 bits per heavy atom. The molecule has 2 N–H and O–H groups in total. The van der Waals surface area contributed by atoms with Gasteiger partial charge in [0, 0.05) is 18.4 Å². The summed E-state index contributed by atoms with van der Waals surface area (Å²) in [7, 11) is -3.46. The molecule has 3 rings (SSSR count). The van der Waals surface area contributed by atoms with Crippen LogP contribution >= 0.6 is 0 Å². The zero-order chi connectivity index (χ0) is 20.9. The van der Waals surface area contributed by atoms with E-state index in [-0.39, 0.29) is 18.1 Å². The van der Waals surface area contributed by atoms with E-state index in [1.54, 1.807) is 36.4 Å². The molecule has 3 aromatic rings. The Morgan fingerprint density at radius 3 is 2.48 bits per heavy atom. The number of halogens is 1. The van der Waals surface area contributed by atoms with Crippen LogP contribution < -0.4 is 10.0 Å². The van der Waals surface area contributed by atoms with Gasteiger partial charge >= 0.3 is 0 Å². The van der Waals surface area contributed by atoms with Gasteiger partial charge in [0.1, 0.15) is 5.82 Å². The molecule has 0 saturated carbocycles. The number of para-hydroxylation sites is 2. The summed E-state index contributed by atoms with van der Waals surface area (Å²) >= 11 is 0. The summed E-state index contributed by atoms with van der Waals surface area (Å²) in [5, 5.41) is 6.54. The Morgan fingerprint density at radius 1 is 1.10 bits per heavy atom. The number of amides is 1. The first-order valence-corrected chi connectivity index (χ1v) is 10.6. The third-order valence-corrected chi connectivity index (χ3v) is 4.45. The van der Waals surface area contributed by atoms with Gasteiger partial charge in [-0.05, 0) is 42.8 Å². The van der Waals surface area contributed by atoms with Crippen LogP contribution in [0.15, 0.2) is 53.1 Å². The van der Waals surface area contributed by atoms with Gasteiger partial charge in [0.2, 0.25) is 27.6 Å². The van der Waals surface area contributed by atoms with E-state index >= 15 is 0 Å². The minimum absolute atomic E-state index is 0.182. The van der Waals surface area contributed by atoms with Crippen LogP contribution in [0.4, 0.5) is 15.8 Å². The number of sulfonamides is 1. The summed E-state index contributed by atoms with van der Waals surface area (Å²) in [6.07, 6.45) is 2.07. The van der Waals surface area contributed by atoms with E-state index in [2.05, 4.69) is 20.2 Å². The predicted octanol–water partition coefficient (Wildman–Crippen LogP) is 3.21. The number of hydrogen-bond donors (Lipinski definition) is 2. The smallest absolute Gasteiger partial charge is 0.229 e. The van der Waals surface area contributed by atoms with Crippen molar-refractivity contribution in [2.24, 2.45) is 0 Å². The molecule has 1 heterocycles. The maximum atomic E-state index is 13.0. The second-order valence-electron chi connectivity index (χ2n) is 6.34. The quantitative estimate of drug-likeness (QED) is 0.581. The van der Waals surface area contributed by atoms with E-state index in [0.29, 0.717) is 41.5 Å². The van der Waals surface area contributed by atoms with Gasteiger partial charge < -0.3 is 9.84 Å². The first kappa shape index (κ1) is 20.5. The number of anilines is 2. The average Bonchev–Trinajstić information content (AvgIpc) is 3.12. The number of benzene rings is 2. The zero-order valence-corrected chi connectivity index (χ0v) is 16.4. The molecule has 2 aromatic carbocycles. The summed E-state index contributed by atoms with van der Waals surface area (Å²) < 4.78 is 43.3. The number of hydrogen-bond acceptors (Lipinski definition) is 6. The van der Waals surface area contributed by atoms with Gasteiger partial charge in [-0.1, -0.05) is 17.3 Å². The summed E-state index contributed by atoms with van der Waals surface area (Å²) in [5.41, 5.74) is 1.30. The highest BCUT2D eigenvalue weighted by atomic mass is 32.2. The van der Waals surface area contributed by atoms with Gasteiger partial charge in [0.25, 0.3) is 0 Å². The lowest BCUT2D eigenvalue weighted by atomic mass is 10.2. The first-order valence-electron chi connectivity index (χ1n) is 8.75. The van der Waals surface area contributed by atoms with E-state index in [4.69, 9.17) is 4.52 Å². The second kappa shape index (κ2) is 8.82. The van der Waals surface area contributed by atoms with Crippen molar-refractivity contribution in [2.45, 2.75) is 19.3 Å². The van der Waals surface area contributed by atoms with Crippen LogP contribution in [-0.2, 0) is 21.2 Å². The van der Waals surface area contributed by atoms with Crippen LogP contribution in [0, 0.1) is 5.82 Å². The van der Waals surface area contributed by atoms with Crippen molar-refractivity contribution in [3.63, 3.8) is 0 Å². The largest absolute Gasteiger partial charge is 0.339 e. The first-order chi connectivity index (χ1) is 13.8. The number of aryl methyl sites for hydroxylation is 1. The van der Waals surface area contributed by atoms with Crippen LogP contribution in [0.25, 0.3) is 11.4 Å². The minimum atomic E-state index is -3.46. The summed E-state index contributed by atoms with van der Waals surface area (Å²) in [6.45, 7) is 0. The van der Waals surface area contributed by atoms with Crippen molar-refractivity contribution in [1.82, 2.24) is 10.1 Å². The molecule has 10 heteroatoms. The van der Waals surface area contributed by atoms with Crippen molar-refractivity contribution in [3.05, 3.63) is 60.2 Å². The van der Waals surface area contributed by atoms with E-state index in [9.17, 15) is 17.6 Å². The van der Waals surface area contributed by atoms with E-state index in [0.717, 1.165) is 6.26 Å². The number of nitrogens with zero attached hydrogens (tertiary/aromatic N) is 2. The SMILES string of the molecule is CS(=O)(=O)Nc1ccccc1NC(=O)CCCc1nc(-c2ccc(F)cc2)no1. The van der Waals surface area contributed by atoms with Gasteiger partial charge in [-0.3, -0.25) is 9.52 Å². The number of rotatable bonds is 8. The molecule has 0 fully saturated rings.